The van der Waals surface area contributed by atoms with Crippen LogP contribution in [0.15, 0.2) is 11.5 Å². The topological polar surface area (TPSA) is 49.8 Å². The molecule has 0 aliphatic carbocycles. The Balaban J connectivity index is 2.48. The molecule has 0 bridgehead atoms. The zero-order valence-electron chi connectivity index (χ0n) is 11.7. The minimum absolute atomic E-state index is 0.141. The molecule has 1 aliphatic heterocycles. The zero-order valence-corrected chi connectivity index (χ0v) is 11.7. The van der Waals surface area contributed by atoms with E-state index in [2.05, 4.69) is 39.7 Å². The first kappa shape index (κ1) is 14.4. The standard InChI is InChI=1S/C13H24B2N2/c1-12(2,13(3,4)17)9-14-11-5-7-15(10-16)8-6-11/h5,14H,6-9,17H2,1-4H3. The van der Waals surface area contributed by atoms with E-state index in [0.29, 0.717) is 0 Å². The normalized spacial score (nSPS) is 17.4. The fraction of sp³-hybridized carbons (Fsp3) is 0.769. The number of nitrogens with two attached hydrogens (primary N) is 1. The Kier molecular flexibility index (Phi) is 4.49. The predicted octanol–water partition coefficient (Wildman–Crippen LogP) is 2.45. The van der Waals surface area contributed by atoms with Crippen LogP contribution < -0.4 is 5.73 Å². The van der Waals surface area contributed by atoms with Crippen LogP contribution >= 0.6 is 0 Å². The molecule has 0 unspecified atom stereocenters. The third-order valence-corrected chi connectivity index (χ3v) is 4.50. The molecule has 1 aliphatic rings. The van der Waals surface area contributed by atoms with Crippen LogP contribution in [0.5, 0.6) is 0 Å². The van der Waals surface area contributed by atoms with Crippen LogP contribution in [-0.2, 0) is 0 Å². The molecule has 0 aromatic carbocycles. The molecule has 0 fully saturated rings. The Bertz CT molecular complexity index is 334. The van der Waals surface area contributed by atoms with Gasteiger partial charge < -0.3 is 5.73 Å². The van der Waals surface area contributed by atoms with Crippen LogP contribution in [-0.4, -0.2) is 19.5 Å². The Morgan fingerprint density at radius 3 is 2.53 bits per heavy atom. The van der Waals surface area contributed by atoms with E-state index >= 15 is 0 Å². The lowest BCUT2D eigenvalue weighted by molar-refractivity contribution is 0.230. The van der Waals surface area contributed by atoms with Gasteiger partial charge in [0.05, 0.1) is 0 Å². The van der Waals surface area contributed by atoms with Gasteiger partial charge in [0.2, 0.25) is 0 Å². The maximum atomic E-state index is 8.85. The van der Waals surface area contributed by atoms with Crippen LogP contribution in [0, 0.1) is 16.6 Å². The number of allylic oxidation sites excluding steroid dienone is 2. The summed E-state index contributed by atoms with van der Waals surface area (Å²) in [6.07, 6.45) is 6.48. The maximum Gasteiger partial charge on any atom is 0.271 e. The lowest BCUT2D eigenvalue weighted by Crippen LogP contribution is -2.47. The highest BCUT2D eigenvalue weighted by molar-refractivity contribution is 6.68. The quantitative estimate of drug-likeness (QED) is 0.754. The van der Waals surface area contributed by atoms with E-state index in [1.54, 1.807) is 0 Å². The fourth-order valence-electron chi connectivity index (χ4n) is 2.03. The van der Waals surface area contributed by atoms with Gasteiger partial charge in [-0.25, -0.2) is 5.26 Å². The minimum Gasteiger partial charge on any atom is -0.325 e. The van der Waals surface area contributed by atoms with Crippen molar-refractivity contribution in [2.45, 2.75) is 58.6 Å². The van der Waals surface area contributed by atoms with E-state index < -0.39 is 0 Å². The summed E-state index contributed by atoms with van der Waals surface area (Å²) in [6.45, 7) is 8.95. The first-order valence-corrected chi connectivity index (χ1v) is 6.63. The highest BCUT2D eigenvalue weighted by Crippen LogP contribution is 2.33. The lowest BCUT2D eigenvalue weighted by Gasteiger charge is -2.39. The summed E-state index contributed by atoms with van der Waals surface area (Å²) >= 11 is 0. The average Bonchev–Trinajstić information content (AvgIpc) is 2.25. The van der Waals surface area contributed by atoms with Gasteiger partial charge in [-0.3, -0.25) is 0 Å². The van der Waals surface area contributed by atoms with Crippen molar-refractivity contribution in [2.75, 3.05) is 0 Å². The fourth-order valence-corrected chi connectivity index (χ4v) is 2.03. The molecule has 1 rings (SSSR count). The van der Waals surface area contributed by atoms with Crippen molar-refractivity contribution in [3.63, 3.8) is 0 Å². The van der Waals surface area contributed by atoms with Gasteiger partial charge in [-0.2, -0.15) is 0 Å². The van der Waals surface area contributed by atoms with Crippen molar-refractivity contribution in [2.24, 2.45) is 11.1 Å². The highest BCUT2D eigenvalue weighted by atomic mass is 14.7. The molecule has 2 nitrogen and oxygen atoms in total. The van der Waals surface area contributed by atoms with E-state index in [1.807, 2.05) is 0 Å². The molecule has 92 valence electrons. The molecular formula is C13H24B2N2. The third-order valence-electron chi connectivity index (χ3n) is 4.50. The number of nitriles is 1. The SMILES string of the molecule is CC(C)(N)C(C)(C)CBC1=CCB(C#N)CC1. The Hall–Kier alpha value is -0.680. The second kappa shape index (κ2) is 5.31. The van der Waals surface area contributed by atoms with Crippen molar-refractivity contribution in [1.29, 1.82) is 5.26 Å². The summed E-state index contributed by atoms with van der Waals surface area (Å²) in [6, 6.07) is 0. The second-order valence-corrected chi connectivity index (χ2v) is 6.57. The van der Waals surface area contributed by atoms with E-state index in [1.165, 1.54) is 5.47 Å². The molecule has 0 saturated carbocycles. The summed E-state index contributed by atoms with van der Waals surface area (Å²) < 4.78 is 0. The summed E-state index contributed by atoms with van der Waals surface area (Å²) in [5, 5.41) is 8.85. The first-order chi connectivity index (χ1) is 7.76. The molecular weight excluding hydrogens is 206 g/mol. The van der Waals surface area contributed by atoms with Crippen LogP contribution in [0.3, 0.4) is 0 Å². The van der Waals surface area contributed by atoms with Gasteiger partial charge in [-0.05, 0) is 32.0 Å². The number of nitrogens with zero attached hydrogens (tertiary/aromatic N) is 1. The lowest BCUT2D eigenvalue weighted by atomic mass is 9.40. The van der Waals surface area contributed by atoms with Crippen molar-refractivity contribution in [3.05, 3.63) is 11.5 Å². The molecule has 0 atom stereocenters. The van der Waals surface area contributed by atoms with E-state index in [0.717, 1.165) is 32.7 Å². The van der Waals surface area contributed by atoms with Crippen LogP contribution in [0.1, 0.15) is 34.1 Å². The molecule has 0 aromatic rings. The smallest absolute Gasteiger partial charge is 0.271 e. The van der Waals surface area contributed by atoms with Gasteiger partial charge in [0.25, 0.3) is 6.71 Å². The van der Waals surface area contributed by atoms with Gasteiger partial charge in [0, 0.05) is 11.5 Å². The Morgan fingerprint density at radius 2 is 2.12 bits per heavy atom. The molecule has 4 heteroatoms. The number of rotatable bonds is 4. The molecule has 0 spiro atoms. The molecule has 0 amide bonds. The van der Waals surface area contributed by atoms with E-state index in [9.17, 15) is 0 Å². The second-order valence-electron chi connectivity index (χ2n) is 6.57. The summed E-state index contributed by atoms with van der Waals surface area (Å²) in [5.74, 6) is 2.36. The van der Waals surface area contributed by atoms with Gasteiger partial charge in [0.1, 0.15) is 0 Å². The van der Waals surface area contributed by atoms with Crippen LogP contribution in [0.2, 0.25) is 19.0 Å². The van der Waals surface area contributed by atoms with Crippen LogP contribution in [0.25, 0.3) is 0 Å². The average molecular weight is 230 g/mol. The Morgan fingerprint density at radius 1 is 1.47 bits per heavy atom. The zero-order chi connectivity index (χ0) is 13.1. The molecule has 0 saturated heterocycles. The van der Waals surface area contributed by atoms with Crippen molar-refractivity contribution in [3.8, 4) is 5.97 Å². The molecule has 17 heavy (non-hydrogen) atoms. The minimum atomic E-state index is -0.141. The first-order valence-electron chi connectivity index (χ1n) is 6.63. The van der Waals surface area contributed by atoms with Crippen LogP contribution in [0.4, 0.5) is 0 Å². The van der Waals surface area contributed by atoms with Gasteiger partial charge in [-0.1, -0.05) is 26.5 Å². The highest BCUT2D eigenvalue weighted by Gasteiger charge is 2.33. The van der Waals surface area contributed by atoms with E-state index in [4.69, 9.17) is 11.0 Å². The van der Waals surface area contributed by atoms with Gasteiger partial charge in [-0.15, -0.1) is 11.5 Å². The summed E-state index contributed by atoms with van der Waals surface area (Å²) in [7, 11) is 1.13. The van der Waals surface area contributed by atoms with Gasteiger partial charge in [0.15, 0.2) is 7.28 Å². The molecule has 2 N–H and O–H groups in total. The summed E-state index contributed by atoms with van der Waals surface area (Å²) in [5.41, 5.74) is 7.74. The largest absolute Gasteiger partial charge is 0.325 e. The van der Waals surface area contributed by atoms with Crippen molar-refractivity contribution in [1.82, 2.24) is 0 Å². The van der Waals surface area contributed by atoms with Crippen molar-refractivity contribution < 1.29 is 0 Å². The van der Waals surface area contributed by atoms with Gasteiger partial charge >= 0.3 is 0 Å². The molecule has 0 radical (unpaired) electrons. The monoisotopic (exact) mass is 230 g/mol. The third kappa shape index (κ3) is 3.92. The number of hydrogen-bond acceptors (Lipinski definition) is 2. The summed E-state index contributed by atoms with van der Waals surface area (Å²) in [4.78, 5) is 0. The maximum absolute atomic E-state index is 8.85. The Labute approximate surface area is 107 Å². The van der Waals surface area contributed by atoms with E-state index in [-0.39, 0.29) is 17.7 Å². The number of hydrogen-bond donors (Lipinski definition) is 1. The molecule has 0 aromatic heterocycles. The predicted molar refractivity (Wildman–Crippen MR) is 77.7 cm³/mol. The van der Waals surface area contributed by atoms with Crippen molar-refractivity contribution >= 4 is 14.0 Å². The molecule has 1 heterocycles.